The second kappa shape index (κ2) is 8.03. The Bertz CT molecular complexity index is 1060. The number of imidazole rings is 1. The number of morpholine rings is 1. The van der Waals surface area contributed by atoms with Crippen molar-refractivity contribution in [1.82, 2.24) is 19.5 Å². The van der Waals surface area contributed by atoms with Gasteiger partial charge in [0.25, 0.3) is 0 Å². The molecule has 0 radical (unpaired) electrons. The van der Waals surface area contributed by atoms with Crippen LogP contribution in [0.5, 0.6) is 5.88 Å². The van der Waals surface area contributed by atoms with Crippen LogP contribution in [-0.4, -0.2) is 49.9 Å². The van der Waals surface area contributed by atoms with Gasteiger partial charge in [0.1, 0.15) is 11.9 Å². The smallest absolute Gasteiger partial charge is 0.225 e. The molecule has 1 aliphatic heterocycles. The van der Waals surface area contributed by atoms with Crippen molar-refractivity contribution in [2.24, 2.45) is 0 Å². The summed E-state index contributed by atoms with van der Waals surface area (Å²) in [7, 11) is 0. The minimum absolute atomic E-state index is 0.165. The molecular weight excluding hydrogens is 402 g/mol. The molecule has 0 N–H and O–H groups in total. The molecule has 7 heteroatoms. The van der Waals surface area contributed by atoms with E-state index in [2.05, 4.69) is 65.5 Å². The second-order valence-electron chi connectivity index (χ2n) is 10.4. The molecule has 32 heavy (non-hydrogen) atoms. The number of rotatable bonds is 4. The van der Waals surface area contributed by atoms with Crippen LogP contribution in [0.2, 0.25) is 0 Å². The summed E-state index contributed by atoms with van der Waals surface area (Å²) in [4.78, 5) is 16.1. The molecule has 0 spiro atoms. The maximum atomic E-state index is 6.54. The van der Waals surface area contributed by atoms with Crippen molar-refractivity contribution in [3.8, 4) is 5.88 Å². The van der Waals surface area contributed by atoms with Crippen molar-refractivity contribution in [1.29, 1.82) is 0 Å². The Morgan fingerprint density at radius 1 is 1.03 bits per heavy atom. The van der Waals surface area contributed by atoms with Gasteiger partial charge in [0, 0.05) is 43.8 Å². The molecule has 3 aromatic rings. The number of pyridine rings is 2. The summed E-state index contributed by atoms with van der Waals surface area (Å²) in [6, 6.07) is 6.59. The van der Waals surface area contributed by atoms with Gasteiger partial charge in [-0.3, -0.25) is 4.98 Å². The molecular formula is C25H33N5O2. The van der Waals surface area contributed by atoms with Crippen molar-refractivity contribution < 1.29 is 9.47 Å². The van der Waals surface area contributed by atoms with Crippen LogP contribution in [0.3, 0.4) is 0 Å². The standard InChI is InChI=1S/C25H33N5O2/c1-24(2)15-30(16-25(3,4)32-24)22-14-21-20(6-5-11-27-21)23(28-22)31-19-9-7-18(8-10-19)29-13-12-26-17-29/h5-6,11-14,17-19H,7-10,15-16H2,1-4H3/t18-,19+. The van der Waals surface area contributed by atoms with Gasteiger partial charge in [-0.1, -0.05) is 0 Å². The molecule has 1 saturated heterocycles. The molecule has 3 aromatic heterocycles. The van der Waals surface area contributed by atoms with Crippen LogP contribution in [0.4, 0.5) is 5.82 Å². The van der Waals surface area contributed by atoms with Crippen LogP contribution in [0, 0.1) is 0 Å². The van der Waals surface area contributed by atoms with E-state index in [-0.39, 0.29) is 17.3 Å². The van der Waals surface area contributed by atoms with E-state index in [1.165, 1.54) is 0 Å². The maximum absolute atomic E-state index is 6.54. The van der Waals surface area contributed by atoms with E-state index in [9.17, 15) is 0 Å². The van der Waals surface area contributed by atoms with Crippen molar-refractivity contribution in [3.05, 3.63) is 43.1 Å². The highest BCUT2D eigenvalue weighted by Crippen LogP contribution is 2.36. The van der Waals surface area contributed by atoms with E-state index < -0.39 is 0 Å². The lowest BCUT2D eigenvalue weighted by Gasteiger charge is -2.47. The van der Waals surface area contributed by atoms with E-state index in [4.69, 9.17) is 14.5 Å². The Morgan fingerprint density at radius 2 is 1.78 bits per heavy atom. The normalized spacial score (nSPS) is 25.1. The number of hydrogen-bond acceptors (Lipinski definition) is 6. The van der Waals surface area contributed by atoms with Gasteiger partial charge in [0.2, 0.25) is 5.88 Å². The van der Waals surface area contributed by atoms with Gasteiger partial charge in [0.15, 0.2) is 0 Å². The zero-order valence-corrected chi connectivity index (χ0v) is 19.5. The largest absolute Gasteiger partial charge is 0.474 e. The average molecular weight is 436 g/mol. The summed E-state index contributed by atoms with van der Waals surface area (Å²) in [5.41, 5.74) is 0.409. The first-order chi connectivity index (χ1) is 15.3. The number of ether oxygens (including phenoxy) is 2. The summed E-state index contributed by atoms with van der Waals surface area (Å²) in [5.74, 6) is 1.60. The molecule has 2 aliphatic rings. The van der Waals surface area contributed by atoms with Gasteiger partial charge in [0.05, 0.1) is 28.4 Å². The molecule has 1 aliphatic carbocycles. The van der Waals surface area contributed by atoms with Crippen LogP contribution in [-0.2, 0) is 4.74 Å². The van der Waals surface area contributed by atoms with Crippen molar-refractivity contribution in [2.45, 2.75) is 76.7 Å². The molecule has 0 unspecified atom stereocenters. The predicted molar refractivity (Wildman–Crippen MR) is 125 cm³/mol. The maximum Gasteiger partial charge on any atom is 0.225 e. The van der Waals surface area contributed by atoms with Gasteiger partial charge in [-0.2, -0.15) is 4.98 Å². The van der Waals surface area contributed by atoms with E-state index in [0.717, 1.165) is 55.5 Å². The molecule has 1 saturated carbocycles. The third kappa shape index (κ3) is 4.44. The predicted octanol–water partition coefficient (Wildman–Crippen LogP) is 4.78. The topological polar surface area (TPSA) is 65.3 Å². The van der Waals surface area contributed by atoms with Crippen molar-refractivity contribution in [2.75, 3.05) is 18.0 Å². The zero-order chi connectivity index (χ0) is 22.3. The van der Waals surface area contributed by atoms with Gasteiger partial charge in [-0.25, -0.2) is 4.98 Å². The fourth-order valence-corrected chi connectivity index (χ4v) is 5.34. The summed E-state index contributed by atoms with van der Waals surface area (Å²) in [6.45, 7) is 10.1. The van der Waals surface area contributed by atoms with E-state index in [0.29, 0.717) is 11.9 Å². The Labute approximate surface area is 189 Å². The van der Waals surface area contributed by atoms with E-state index in [1.54, 1.807) is 0 Å². The van der Waals surface area contributed by atoms with Crippen LogP contribution in [0.1, 0.15) is 59.4 Å². The fourth-order valence-electron chi connectivity index (χ4n) is 5.34. The first-order valence-electron chi connectivity index (χ1n) is 11.6. The molecule has 4 heterocycles. The molecule has 170 valence electrons. The lowest BCUT2D eigenvalue weighted by molar-refractivity contribution is -0.133. The Hall–Kier alpha value is -2.67. The molecule has 0 aromatic carbocycles. The van der Waals surface area contributed by atoms with Crippen molar-refractivity contribution in [3.63, 3.8) is 0 Å². The first-order valence-corrected chi connectivity index (χ1v) is 11.6. The number of fused-ring (bicyclic) bond motifs is 1. The third-order valence-electron chi connectivity index (χ3n) is 6.44. The van der Waals surface area contributed by atoms with Crippen LogP contribution >= 0.6 is 0 Å². The SMILES string of the molecule is CC1(C)CN(c2cc3ncccc3c(O[C@H]3CC[C@@H](n4ccnc4)CC3)n2)CC(C)(C)O1. The van der Waals surface area contributed by atoms with Crippen LogP contribution in [0.15, 0.2) is 43.1 Å². The Morgan fingerprint density at radius 3 is 2.47 bits per heavy atom. The lowest BCUT2D eigenvalue weighted by Crippen LogP contribution is -2.57. The molecule has 0 amide bonds. The first kappa shape index (κ1) is 21.2. The highest BCUT2D eigenvalue weighted by atomic mass is 16.5. The molecule has 0 bridgehead atoms. The highest BCUT2D eigenvalue weighted by molar-refractivity contribution is 5.85. The summed E-state index contributed by atoms with van der Waals surface area (Å²) in [5, 5.41) is 0.972. The van der Waals surface area contributed by atoms with Gasteiger partial charge < -0.3 is 18.9 Å². The monoisotopic (exact) mass is 435 g/mol. The lowest BCUT2D eigenvalue weighted by atomic mass is 9.93. The summed E-state index contributed by atoms with van der Waals surface area (Å²) < 4.78 is 15.0. The molecule has 7 nitrogen and oxygen atoms in total. The third-order valence-corrected chi connectivity index (χ3v) is 6.44. The number of anilines is 1. The average Bonchev–Trinajstić information content (AvgIpc) is 3.27. The van der Waals surface area contributed by atoms with Gasteiger partial charge in [-0.05, 0) is 65.5 Å². The molecule has 2 fully saturated rings. The minimum atomic E-state index is -0.255. The fraction of sp³-hybridized carbons (Fsp3) is 0.560. The van der Waals surface area contributed by atoms with Crippen LogP contribution < -0.4 is 9.64 Å². The Kier molecular flexibility index (Phi) is 5.32. The number of nitrogens with zero attached hydrogens (tertiary/aromatic N) is 5. The summed E-state index contributed by atoms with van der Waals surface area (Å²) >= 11 is 0. The molecule has 5 rings (SSSR count). The van der Waals surface area contributed by atoms with Crippen LogP contribution in [0.25, 0.3) is 10.9 Å². The number of hydrogen-bond donors (Lipinski definition) is 0. The molecule has 0 atom stereocenters. The van der Waals surface area contributed by atoms with Gasteiger partial charge >= 0.3 is 0 Å². The minimum Gasteiger partial charge on any atom is -0.474 e. The second-order valence-corrected chi connectivity index (χ2v) is 10.4. The quantitative estimate of drug-likeness (QED) is 0.587. The summed E-state index contributed by atoms with van der Waals surface area (Å²) in [6.07, 6.45) is 12.0. The van der Waals surface area contributed by atoms with E-state index in [1.807, 2.05) is 24.8 Å². The number of aromatic nitrogens is 4. The van der Waals surface area contributed by atoms with Gasteiger partial charge in [-0.15, -0.1) is 0 Å². The zero-order valence-electron chi connectivity index (χ0n) is 19.5. The van der Waals surface area contributed by atoms with Crippen molar-refractivity contribution >= 4 is 16.7 Å². The van der Waals surface area contributed by atoms with E-state index >= 15 is 0 Å². The highest BCUT2D eigenvalue weighted by Gasteiger charge is 2.39. The Balaban J connectivity index is 1.39.